The number of carbonyl (C=O) groups is 1. The van der Waals surface area contributed by atoms with Crippen LogP contribution in [0.3, 0.4) is 0 Å². The number of hydrogen-bond acceptors (Lipinski definition) is 2. The minimum atomic E-state index is -0.447. The molecule has 1 rings (SSSR count). The second-order valence-corrected chi connectivity index (χ2v) is 5.63. The fraction of sp³-hybridized carbons (Fsp3) is 0.364. The number of halogens is 3. The lowest BCUT2D eigenvalue weighted by Crippen LogP contribution is -2.31. The van der Waals surface area contributed by atoms with Crippen LogP contribution in [-0.2, 0) is 4.74 Å². The maximum Gasteiger partial charge on any atom is 0.251 e. The highest BCUT2D eigenvalue weighted by Crippen LogP contribution is 2.14. The molecule has 6 heteroatoms. The van der Waals surface area contributed by atoms with Gasteiger partial charge in [0.05, 0.1) is 11.4 Å². The van der Waals surface area contributed by atoms with E-state index in [1.54, 1.807) is 13.2 Å². The van der Waals surface area contributed by atoms with Gasteiger partial charge >= 0.3 is 0 Å². The molecule has 0 spiro atoms. The number of ether oxygens (including phenoxy) is 1. The molecule has 0 aliphatic rings. The van der Waals surface area contributed by atoms with Gasteiger partial charge in [0.25, 0.3) is 5.91 Å². The molecule has 0 fully saturated rings. The van der Waals surface area contributed by atoms with Crippen molar-refractivity contribution in [2.45, 2.75) is 4.83 Å². The molecular weight excluding hydrogens is 357 g/mol. The van der Waals surface area contributed by atoms with Gasteiger partial charge in [-0.05, 0) is 18.2 Å². The Morgan fingerprint density at radius 2 is 2.24 bits per heavy atom. The zero-order valence-corrected chi connectivity index (χ0v) is 12.3. The first-order chi connectivity index (χ1) is 8.02. The van der Waals surface area contributed by atoms with E-state index >= 15 is 0 Å². The Morgan fingerprint density at radius 1 is 1.53 bits per heavy atom. The van der Waals surface area contributed by atoms with Crippen LogP contribution >= 0.6 is 31.9 Å². The van der Waals surface area contributed by atoms with Gasteiger partial charge in [-0.25, -0.2) is 4.39 Å². The molecule has 1 aromatic carbocycles. The molecule has 0 saturated carbocycles. The van der Waals surface area contributed by atoms with Gasteiger partial charge in [-0.15, -0.1) is 0 Å². The smallest absolute Gasteiger partial charge is 0.251 e. The van der Waals surface area contributed by atoms with Crippen molar-refractivity contribution in [3.05, 3.63) is 34.1 Å². The predicted molar refractivity (Wildman–Crippen MR) is 71.0 cm³/mol. The van der Waals surface area contributed by atoms with Gasteiger partial charge < -0.3 is 10.1 Å². The van der Waals surface area contributed by atoms with E-state index in [1.807, 2.05) is 0 Å². The van der Waals surface area contributed by atoms with Crippen molar-refractivity contribution in [2.24, 2.45) is 0 Å². The Morgan fingerprint density at radius 3 is 2.82 bits per heavy atom. The molecule has 3 nitrogen and oxygen atoms in total. The first-order valence-corrected chi connectivity index (χ1v) is 6.61. The highest BCUT2D eigenvalue weighted by Gasteiger charge is 2.10. The van der Waals surface area contributed by atoms with Crippen molar-refractivity contribution in [2.75, 3.05) is 20.3 Å². The van der Waals surface area contributed by atoms with Gasteiger partial charge in [-0.3, -0.25) is 4.79 Å². The van der Waals surface area contributed by atoms with Crippen LogP contribution in [0.5, 0.6) is 0 Å². The number of alkyl halides is 1. The maximum atomic E-state index is 13.1. The second-order valence-electron chi connectivity index (χ2n) is 3.42. The highest BCUT2D eigenvalue weighted by atomic mass is 79.9. The highest BCUT2D eigenvalue weighted by molar-refractivity contribution is 9.10. The summed E-state index contributed by atoms with van der Waals surface area (Å²) in [5.74, 6) is -0.762. The van der Waals surface area contributed by atoms with Gasteiger partial charge in [0, 0.05) is 23.7 Å². The Balaban J connectivity index is 2.58. The zero-order chi connectivity index (χ0) is 12.8. The van der Waals surface area contributed by atoms with E-state index in [1.165, 1.54) is 12.1 Å². The minimum absolute atomic E-state index is 0.0356. The van der Waals surface area contributed by atoms with Crippen molar-refractivity contribution in [3.63, 3.8) is 0 Å². The molecule has 0 aromatic heterocycles. The number of amides is 1. The number of hydrogen-bond donors (Lipinski definition) is 1. The van der Waals surface area contributed by atoms with Gasteiger partial charge in [0.2, 0.25) is 0 Å². The van der Waals surface area contributed by atoms with E-state index in [0.717, 1.165) is 0 Å². The molecule has 0 aliphatic heterocycles. The summed E-state index contributed by atoms with van der Waals surface area (Å²) in [6.07, 6.45) is 0. The lowest BCUT2D eigenvalue weighted by Gasteiger charge is -2.10. The lowest BCUT2D eigenvalue weighted by atomic mass is 10.2. The third kappa shape index (κ3) is 5.14. The van der Waals surface area contributed by atoms with Crippen LogP contribution in [0.25, 0.3) is 0 Å². The van der Waals surface area contributed by atoms with E-state index in [2.05, 4.69) is 37.2 Å². The van der Waals surface area contributed by atoms with Crippen LogP contribution in [0.15, 0.2) is 22.7 Å². The van der Waals surface area contributed by atoms with Crippen LogP contribution in [-0.4, -0.2) is 31.0 Å². The van der Waals surface area contributed by atoms with Gasteiger partial charge in [-0.2, -0.15) is 0 Å². The topological polar surface area (TPSA) is 38.3 Å². The molecule has 17 heavy (non-hydrogen) atoms. The van der Waals surface area contributed by atoms with E-state index in [4.69, 9.17) is 4.74 Å². The molecule has 1 amide bonds. The van der Waals surface area contributed by atoms with Gasteiger partial charge in [0.15, 0.2) is 0 Å². The number of carbonyl (C=O) groups excluding carboxylic acids is 1. The Bertz CT molecular complexity index is 381. The standard InChI is InChI=1S/C11H12Br2FNO2/c1-17-6-9(13)5-15-11(16)7-2-8(12)4-10(14)3-7/h2-4,9H,5-6H2,1H3,(H,15,16). The average Bonchev–Trinajstić information content (AvgIpc) is 2.25. The van der Waals surface area contributed by atoms with Crippen LogP contribution in [0.2, 0.25) is 0 Å². The van der Waals surface area contributed by atoms with E-state index in [-0.39, 0.29) is 16.3 Å². The van der Waals surface area contributed by atoms with E-state index in [0.29, 0.717) is 17.6 Å². The van der Waals surface area contributed by atoms with Gasteiger partial charge in [-0.1, -0.05) is 31.9 Å². The second kappa shape index (κ2) is 7.08. The van der Waals surface area contributed by atoms with Crippen molar-refractivity contribution >= 4 is 37.8 Å². The van der Waals surface area contributed by atoms with E-state index < -0.39 is 5.82 Å². The zero-order valence-electron chi connectivity index (χ0n) is 9.17. The summed E-state index contributed by atoms with van der Waals surface area (Å²) >= 11 is 6.48. The van der Waals surface area contributed by atoms with Gasteiger partial charge in [0.1, 0.15) is 5.82 Å². The first-order valence-electron chi connectivity index (χ1n) is 4.90. The largest absolute Gasteiger partial charge is 0.383 e. The summed E-state index contributed by atoms with van der Waals surface area (Å²) in [5, 5.41) is 2.68. The summed E-state index contributed by atoms with van der Waals surface area (Å²) in [6, 6.07) is 4.06. The van der Waals surface area contributed by atoms with Crippen LogP contribution in [0.4, 0.5) is 4.39 Å². The normalized spacial score (nSPS) is 12.2. The number of rotatable bonds is 5. The number of methoxy groups -OCH3 is 1. The monoisotopic (exact) mass is 367 g/mol. The quantitative estimate of drug-likeness (QED) is 0.811. The molecule has 0 radical (unpaired) electrons. The number of nitrogens with one attached hydrogen (secondary N) is 1. The van der Waals surface area contributed by atoms with Crippen molar-refractivity contribution in [1.82, 2.24) is 5.32 Å². The van der Waals surface area contributed by atoms with E-state index in [9.17, 15) is 9.18 Å². The van der Waals surface area contributed by atoms with Crippen LogP contribution in [0, 0.1) is 5.82 Å². The third-order valence-electron chi connectivity index (χ3n) is 1.96. The molecule has 1 unspecified atom stereocenters. The molecule has 94 valence electrons. The summed E-state index contributed by atoms with van der Waals surface area (Å²) in [6.45, 7) is 0.911. The maximum absolute atomic E-state index is 13.1. The van der Waals surface area contributed by atoms with Crippen molar-refractivity contribution < 1.29 is 13.9 Å². The van der Waals surface area contributed by atoms with Crippen molar-refractivity contribution in [3.8, 4) is 0 Å². The summed E-state index contributed by atoms with van der Waals surface area (Å²) in [7, 11) is 1.58. The summed E-state index contributed by atoms with van der Waals surface area (Å²) < 4.78 is 18.5. The fourth-order valence-electron chi connectivity index (χ4n) is 1.23. The summed E-state index contributed by atoms with van der Waals surface area (Å²) in [4.78, 5) is 11.7. The van der Waals surface area contributed by atoms with Crippen LogP contribution < -0.4 is 5.32 Å². The molecule has 0 heterocycles. The molecule has 0 bridgehead atoms. The molecule has 0 aliphatic carbocycles. The molecule has 1 atom stereocenters. The summed E-state index contributed by atoms with van der Waals surface area (Å²) in [5.41, 5.74) is 0.286. The average molecular weight is 369 g/mol. The molecular formula is C11H12Br2FNO2. The Kier molecular flexibility index (Phi) is 6.08. The SMILES string of the molecule is COCC(Br)CNC(=O)c1cc(F)cc(Br)c1. The van der Waals surface area contributed by atoms with Crippen LogP contribution in [0.1, 0.15) is 10.4 Å². The molecule has 1 N–H and O–H groups in total. The first kappa shape index (κ1) is 14.6. The Labute approximate surface area is 116 Å². The fourth-order valence-corrected chi connectivity index (χ4v) is 2.12. The molecule has 1 aromatic rings. The lowest BCUT2D eigenvalue weighted by molar-refractivity contribution is 0.0949. The van der Waals surface area contributed by atoms with Crippen molar-refractivity contribution in [1.29, 1.82) is 0 Å². The minimum Gasteiger partial charge on any atom is -0.383 e. The third-order valence-corrected chi connectivity index (χ3v) is 3.00. The predicted octanol–water partition coefficient (Wildman–Crippen LogP) is 2.73. The molecule has 0 saturated heterocycles. The Hall–Kier alpha value is -0.460. The number of benzene rings is 1.